The van der Waals surface area contributed by atoms with Gasteiger partial charge in [0.25, 0.3) is 0 Å². The fourth-order valence-electron chi connectivity index (χ4n) is 3.03. The predicted octanol–water partition coefficient (Wildman–Crippen LogP) is 5.45. The largest absolute Gasteiger partial charge is 0.494 e. The van der Waals surface area contributed by atoms with Crippen LogP contribution in [0.15, 0.2) is 73.1 Å². The maximum atomic E-state index is 12.2. The van der Waals surface area contributed by atoms with Gasteiger partial charge in [-0.15, -0.1) is 0 Å². The van der Waals surface area contributed by atoms with Crippen LogP contribution in [-0.4, -0.2) is 17.7 Å². The number of rotatable bonds is 8. The van der Waals surface area contributed by atoms with Gasteiger partial charge in [-0.2, -0.15) is 5.26 Å². The van der Waals surface area contributed by atoms with E-state index in [1.807, 2.05) is 62.4 Å². The number of unbranched alkanes of at least 4 members (excludes halogenated alkanes) is 1. The van der Waals surface area contributed by atoms with Crippen LogP contribution >= 0.6 is 0 Å². The summed E-state index contributed by atoms with van der Waals surface area (Å²) in [7, 11) is 0. The minimum atomic E-state index is -0.612. The number of hydrogen-bond acceptors (Lipinski definition) is 5. The summed E-state index contributed by atoms with van der Waals surface area (Å²) in [4.78, 5) is 16.2. The second kappa shape index (κ2) is 10.3. The molecule has 0 aliphatic carbocycles. The average Bonchev–Trinajstić information content (AvgIpc) is 2.77. The number of hydrogen-bond donors (Lipinski definition) is 1. The highest BCUT2D eigenvalue weighted by molar-refractivity contribution is 5.71. The van der Waals surface area contributed by atoms with Crippen LogP contribution in [0.4, 0.5) is 4.79 Å². The minimum absolute atomic E-state index is 0.392. The van der Waals surface area contributed by atoms with Gasteiger partial charge in [0.05, 0.1) is 24.4 Å². The Morgan fingerprint density at radius 3 is 2.32 bits per heavy atom. The Bertz CT molecular complexity index is 1020. The van der Waals surface area contributed by atoms with Crippen molar-refractivity contribution in [1.82, 2.24) is 10.3 Å². The topological polar surface area (TPSA) is 84.2 Å². The third kappa shape index (κ3) is 6.31. The van der Waals surface area contributed by atoms with Crippen molar-refractivity contribution in [1.29, 1.82) is 5.26 Å². The van der Waals surface area contributed by atoms with Gasteiger partial charge in [0, 0.05) is 12.6 Å². The summed E-state index contributed by atoms with van der Waals surface area (Å²) in [5, 5.41) is 11.5. The molecule has 0 bridgehead atoms. The van der Waals surface area contributed by atoms with Gasteiger partial charge in [0.2, 0.25) is 0 Å². The zero-order valence-corrected chi connectivity index (χ0v) is 17.7. The van der Waals surface area contributed by atoms with Crippen molar-refractivity contribution in [2.24, 2.45) is 0 Å². The number of benzene rings is 2. The summed E-state index contributed by atoms with van der Waals surface area (Å²) in [6, 6.07) is 21.4. The standard InChI is InChI=1S/C25H25N3O3/c1-25(2,28-24(29)31-23-6-5-16-27-18-23)21-11-7-19(8-12-21)20-9-13-22(14-10-20)30-17-4-3-15-26/h5-14,16,18H,3-4,17H2,1-2H3,(H,28,29). The number of carbonyl (C=O) groups excluding carboxylic acids is 1. The van der Waals surface area contributed by atoms with E-state index in [9.17, 15) is 4.79 Å². The molecule has 0 radical (unpaired) electrons. The van der Waals surface area contributed by atoms with Gasteiger partial charge in [0.15, 0.2) is 5.75 Å². The number of ether oxygens (including phenoxy) is 2. The van der Waals surface area contributed by atoms with Crippen molar-refractivity contribution in [2.75, 3.05) is 6.61 Å². The summed E-state index contributed by atoms with van der Waals surface area (Å²) in [5.74, 6) is 1.18. The summed E-state index contributed by atoms with van der Waals surface area (Å²) in [5.41, 5.74) is 2.47. The summed E-state index contributed by atoms with van der Waals surface area (Å²) in [6.07, 6.45) is 3.79. The highest BCUT2D eigenvalue weighted by Gasteiger charge is 2.24. The van der Waals surface area contributed by atoms with Crippen LogP contribution in [-0.2, 0) is 5.54 Å². The van der Waals surface area contributed by atoms with E-state index in [0.29, 0.717) is 18.8 Å². The smallest absolute Gasteiger partial charge is 0.413 e. The molecule has 0 fully saturated rings. The van der Waals surface area contributed by atoms with Crippen molar-refractivity contribution < 1.29 is 14.3 Å². The van der Waals surface area contributed by atoms with E-state index in [0.717, 1.165) is 28.9 Å². The van der Waals surface area contributed by atoms with Crippen molar-refractivity contribution in [3.8, 4) is 28.7 Å². The summed E-state index contributed by atoms with van der Waals surface area (Å²) in [6.45, 7) is 4.38. The van der Waals surface area contributed by atoms with E-state index in [1.165, 1.54) is 6.20 Å². The molecule has 2 aromatic carbocycles. The zero-order valence-electron chi connectivity index (χ0n) is 17.7. The average molecular weight is 415 g/mol. The second-order valence-corrected chi connectivity index (χ2v) is 7.54. The van der Waals surface area contributed by atoms with Gasteiger partial charge < -0.3 is 14.8 Å². The molecule has 6 nitrogen and oxygen atoms in total. The number of amides is 1. The number of nitriles is 1. The lowest BCUT2D eigenvalue weighted by Crippen LogP contribution is -2.42. The van der Waals surface area contributed by atoms with Gasteiger partial charge in [-0.05, 0) is 61.2 Å². The molecule has 1 aromatic heterocycles. The fraction of sp³-hybridized carbons (Fsp3) is 0.240. The van der Waals surface area contributed by atoms with E-state index < -0.39 is 11.6 Å². The molecule has 3 aromatic rings. The predicted molar refractivity (Wildman–Crippen MR) is 119 cm³/mol. The van der Waals surface area contributed by atoms with Crippen LogP contribution in [0.25, 0.3) is 11.1 Å². The Hall–Kier alpha value is -3.85. The molecular formula is C25H25N3O3. The van der Waals surface area contributed by atoms with Crippen LogP contribution in [0.3, 0.4) is 0 Å². The molecule has 0 aliphatic heterocycles. The third-order valence-corrected chi connectivity index (χ3v) is 4.76. The Balaban J connectivity index is 1.60. The maximum Gasteiger partial charge on any atom is 0.413 e. The Morgan fingerprint density at radius 2 is 1.71 bits per heavy atom. The Morgan fingerprint density at radius 1 is 1.03 bits per heavy atom. The lowest BCUT2D eigenvalue weighted by Gasteiger charge is -2.26. The number of carbonyl (C=O) groups is 1. The van der Waals surface area contributed by atoms with E-state index >= 15 is 0 Å². The number of nitrogens with zero attached hydrogens (tertiary/aromatic N) is 2. The van der Waals surface area contributed by atoms with Crippen molar-refractivity contribution >= 4 is 6.09 Å². The molecule has 0 saturated carbocycles. The van der Waals surface area contributed by atoms with Crippen LogP contribution in [0.5, 0.6) is 11.5 Å². The molecular weight excluding hydrogens is 390 g/mol. The van der Waals surface area contributed by atoms with Crippen molar-refractivity contribution in [3.05, 3.63) is 78.6 Å². The Kier molecular flexibility index (Phi) is 7.23. The van der Waals surface area contributed by atoms with E-state index in [-0.39, 0.29) is 0 Å². The quantitative estimate of drug-likeness (QED) is 0.494. The van der Waals surface area contributed by atoms with E-state index in [4.69, 9.17) is 14.7 Å². The molecule has 3 rings (SSSR count). The molecule has 1 amide bonds. The number of nitrogens with one attached hydrogen (secondary N) is 1. The van der Waals surface area contributed by atoms with Gasteiger partial charge >= 0.3 is 6.09 Å². The van der Waals surface area contributed by atoms with Crippen molar-refractivity contribution in [2.45, 2.75) is 32.2 Å². The summed E-state index contributed by atoms with van der Waals surface area (Å²) >= 11 is 0. The first-order valence-electron chi connectivity index (χ1n) is 10.1. The maximum absolute atomic E-state index is 12.2. The SMILES string of the molecule is CC(C)(NC(=O)Oc1cccnc1)c1ccc(-c2ccc(OCCCC#N)cc2)cc1. The van der Waals surface area contributed by atoms with E-state index in [2.05, 4.69) is 16.4 Å². The first-order valence-corrected chi connectivity index (χ1v) is 10.1. The van der Waals surface area contributed by atoms with Gasteiger partial charge in [-0.3, -0.25) is 4.98 Å². The number of pyridine rings is 1. The highest BCUT2D eigenvalue weighted by atomic mass is 16.6. The van der Waals surface area contributed by atoms with Gasteiger partial charge in [-0.1, -0.05) is 36.4 Å². The minimum Gasteiger partial charge on any atom is -0.494 e. The lowest BCUT2D eigenvalue weighted by molar-refractivity contribution is 0.188. The lowest BCUT2D eigenvalue weighted by atomic mass is 9.92. The molecule has 0 aliphatic rings. The molecule has 0 atom stereocenters. The fourth-order valence-corrected chi connectivity index (χ4v) is 3.03. The molecule has 1 N–H and O–H groups in total. The van der Waals surface area contributed by atoms with Gasteiger partial charge in [-0.25, -0.2) is 4.79 Å². The van der Waals surface area contributed by atoms with Crippen LogP contribution in [0, 0.1) is 11.3 Å². The molecule has 6 heteroatoms. The molecule has 1 heterocycles. The Labute approximate surface area is 182 Å². The van der Waals surface area contributed by atoms with Crippen LogP contribution in [0.2, 0.25) is 0 Å². The highest BCUT2D eigenvalue weighted by Crippen LogP contribution is 2.26. The molecule has 0 unspecified atom stereocenters. The first-order chi connectivity index (χ1) is 15.0. The zero-order chi connectivity index (χ0) is 22.1. The van der Waals surface area contributed by atoms with Gasteiger partial charge in [0.1, 0.15) is 5.75 Å². The van der Waals surface area contributed by atoms with Crippen LogP contribution in [0.1, 0.15) is 32.3 Å². The van der Waals surface area contributed by atoms with Crippen molar-refractivity contribution in [3.63, 3.8) is 0 Å². The molecule has 0 spiro atoms. The second-order valence-electron chi connectivity index (χ2n) is 7.54. The molecule has 0 saturated heterocycles. The van der Waals surface area contributed by atoms with E-state index in [1.54, 1.807) is 18.3 Å². The third-order valence-electron chi connectivity index (χ3n) is 4.76. The number of aromatic nitrogens is 1. The van der Waals surface area contributed by atoms with Crippen LogP contribution < -0.4 is 14.8 Å². The molecule has 31 heavy (non-hydrogen) atoms. The monoisotopic (exact) mass is 415 g/mol. The summed E-state index contributed by atoms with van der Waals surface area (Å²) < 4.78 is 10.9. The normalized spacial score (nSPS) is 10.7. The first kappa shape index (κ1) is 21.8. The molecule has 158 valence electrons.